The van der Waals surface area contributed by atoms with E-state index in [1.165, 1.54) is 4.90 Å². The van der Waals surface area contributed by atoms with E-state index in [-0.39, 0.29) is 102 Å². The van der Waals surface area contributed by atoms with Crippen LogP contribution < -0.4 is 19.7 Å². The van der Waals surface area contributed by atoms with Gasteiger partial charge >= 0.3 is 6.09 Å². The number of ether oxygens (including phenoxy) is 3. The van der Waals surface area contributed by atoms with Gasteiger partial charge in [0.2, 0.25) is 11.6 Å². The summed E-state index contributed by atoms with van der Waals surface area (Å²) in [5.74, 6) is -4.49. The number of unbranched alkanes of at least 4 members (excludes halogenated alkanes) is 2. The highest BCUT2D eigenvalue weighted by Gasteiger charge is 2.65. The number of anilines is 1. The second-order valence-corrected chi connectivity index (χ2v) is 17.1. The number of aromatic nitrogens is 1. The summed E-state index contributed by atoms with van der Waals surface area (Å²) in [5.41, 5.74) is -3.39. The third-order valence-electron chi connectivity index (χ3n) is 11.1. The number of halogens is 1. The first kappa shape index (κ1) is 40.6. The fraction of sp³-hybridized carbons (Fsp3) is 0.659. The molecule has 0 unspecified atom stereocenters. The molecule has 1 fully saturated rings. The molecule has 1 saturated carbocycles. The van der Waals surface area contributed by atoms with Gasteiger partial charge in [0.05, 0.1) is 30.5 Å². The zero-order valence-corrected chi connectivity index (χ0v) is 33.6. The van der Waals surface area contributed by atoms with Crippen molar-refractivity contribution in [3.05, 3.63) is 39.4 Å². The molecule has 1 aromatic carbocycles. The molecule has 0 spiro atoms. The lowest BCUT2D eigenvalue weighted by Gasteiger charge is -2.49. The molecule has 1 amide bonds. The van der Waals surface area contributed by atoms with Crippen molar-refractivity contribution in [3.8, 4) is 11.6 Å². The Bertz CT molecular complexity index is 1860. The molecule has 1 aliphatic heterocycles. The van der Waals surface area contributed by atoms with Gasteiger partial charge in [-0.25, -0.2) is 9.18 Å². The van der Waals surface area contributed by atoms with Gasteiger partial charge < -0.3 is 34.3 Å². The molecule has 4 aliphatic rings. The van der Waals surface area contributed by atoms with Crippen molar-refractivity contribution in [1.29, 1.82) is 0 Å². The van der Waals surface area contributed by atoms with Crippen molar-refractivity contribution >= 4 is 29.1 Å². The fourth-order valence-electron chi connectivity index (χ4n) is 8.70. The number of hydrogen-bond acceptors (Lipinski definition) is 12. The van der Waals surface area contributed by atoms with Crippen LogP contribution in [0.15, 0.2) is 10.1 Å². The van der Waals surface area contributed by atoms with Crippen LogP contribution in [0.4, 0.5) is 14.9 Å². The first-order chi connectivity index (χ1) is 26.0. The van der Waals surface area contributed by atoms with Gasteiger partial charge in [0.1, 0.15) is 22.7 Å². The molecule has 2 aromatic rings. The number of carbonyl (C=O) groups is 3. The molecule has 14 heteroatoms. The number of nitrogens with zero attached hydrogens (tertiary/aromatic N) is 3. The molecule has 302 valence electrons. The van der Waals surface area contributed by atoms with Gasteiger partial charge in [-0.15, -0.1) is 0 Å². The van der Waals surface area contributed by atoms with Crippen LogP contribution in [-0.2, 0) is 22.5 Å². The predicted octanol–water partition coefficient (Wildman–Crippen LogP) is 6.69. The number of rotatable bonds is 11. The number of carbonyl (C=O) groups excluding carboxylic acids is 3. The van der Waals surface area contributed by atoms with Crippen LogP contribution in [0, 0.1) is 23.6 Å². The summed E-state index contributed by atoms with van der Waals surface area (Å²) in [5, 5.41) is 32.3. The van der Waals surface area contributed by atoms with Crippen molar-refractivity contribution in [2.75, 3.05) is 38.8 Å². The van der Waals surface area contributed by atoms with E-state index in [9.17, 15) is 24.6 Å². The minimum atomic E-state index is -2.61. The molecule has 0 bridgehead atoms. The molecule has 0 radical (unpaired) electrons. The van der Waals surface area contributed by atoms with Crippen molar-refractivity contribution in [2.24, 2.45) is 17.8 Å². The van der Waals surface area contributed by atoms with Crippen LogP contribution in [0.2, 0.25) is 0 Å². The average Bonchev–Trinajstić information content (AvgIpc) is 3.41. The lowest BCUT2D eigenvalue weighted by Crippen LogP contribution is -2.63. The minimum absolute atomic E-state index is 0.0266. The molecule has 13 nitrogen and oxygen atoms in total. The van der Waals surface area contributed by atoms with Gasteiger partial charge in [-0.3, -0.25) is 19.4 Å². The minimum Gasteiger partial charge on any atom is -0.507 e. The Labute approximate surface area is 322 Å². The summed E-state index contributed by atoms with van der Waals surface area (Å²) in [4.78, 5) is 46.5. The Morgan fingerprint density at radius 3 is 2.38 bits per heavy atom. The lowest BCUT2D eigenvalue weighted by molar-refractivity contribution is -0.142. The maximum atomic E-state index is 17.3. The molecule has 6 rings (SSSR count). The third-order valence-corrected chi connectivity index (χ3v) is 11.1. The van der Waals surface area contributed by atoms with E-state index in [0.717, 1.165) is 12.8 Å². The van der Waals surface area contributed by atoms with Crippen LogP contribution in [0.1, 0.15) is 126 Å². The largest absolute Gasteiger partial charge is 0.507 e. The quantitative estimate of drug-likeness (QED) is 0.164. The number of fused-ring (bicyclic) bond motifs is 5. The number of hydrogen-bond donors (Lipinski definition) is 3. The van der Waals surface area contributed by atoms with Crippen LogP contribution in [0.3, 0.4) is 0 Å². The fourth-order valence-corrected chi connectivity index (χ4v) is 8.70. The molecule has 1 aromatic heterocycles. The van der Waals surface area contributed by atoms with E-state index in [4.69, 9.17) is 18.7 Å². The number of amides is 1. The molecule has 2 heterocycles. The normalized spacial score (nSPS) is 24.9. The Balaban J connectivity index is 1.55. The van der Waals surface area contributed by atoms with E-state index in [2.05, 4.69) is 24.3 Å². The summed E-state index contributed by atoms with van der Waals surface area (Å²) in [7, 11) is 3.50. The summed E-state index contributed by atoms with van der Waals surface area (Å²) in [6.45, 7) is 14.0. The number of ketones is 2. The highest BCUT2D eigenvalue weighted by Crippen LogP contribution is 2.57. The third kappa shape index (κ3) is 7.14. The molecule has 55 heavy (non-hydrogen) atoms. The van der Waals surface area contributed by atoms with E-state index in [1.807, 2.05) is 13.8 Å². The van der Waals surface area contributed by atoms with Gasteiger partial charge in [-0.05, 0) is 84.0 Å². The van der Waals surface area contributed by atoms with Crippen molar-refractivity contribution in [3.63, 3.8) is 0 Å². The van der Waals surface area contributed by atoms with Gasteiger partial charge in [-0.1, -0.05) is 40.5 Å². The highest BCUT2D eigenvalue weighted by atomic mass is 19.1. The number of aliphatic hydroxyl groups is 2. The maximum Gasteiger partial charge on any atom is 0.414 e. The second-order valence-electron chi connectivity index (χ2n) is 17.1. The lowest BCUT2D eigenvalue weighted by atomic mass is 9.57. The van der Waals surface area contributed by atoms with Crippen LogP contribution in [0.25, 0.3) is 5.76 Å². The first-order valence-corrected chi connectivity index (χ1v) is 19.7. The van der Waals surface area contributed by atoms with Gasteiger partial charge in [0.15, 0.2) is 17.1 Å². The molecular formula is C41H57FN4O9. The Morgan fingerprint density at radius 1 is 1.09 bits per heavy atom. The zero-order chi connectivity index (χ0) is 40.1. The predicted molar refractivity (Wildman–Crippen MR) is 203 cm³/mol. The number of nitrogens with one attached hydrogen (secondary N) is 1. The Hall–Kier alpha value is -4.01. The van der Waals surface area contributed by atoms with Gasteiger partial charge in [-0.2, -0.15) is 0 Å². The Morgan fingerprint density at radius 2 is 1.76 bits per heavy atom. The summed E-state index contributed by atoms with van der Waals surface area (Å²) < 4.78 is 41.2. The monoisotopic (exact) mass is 768 g/mol. The molecule has 3 N–H and O–H groups in total. The van der Waals surface area contributed by atoms with Crippen molar-refractivity contribution < 1.29 is 47.7 Å². The van der Waals surface area contributed by atoms with Crippen LogP contribution in [0.5, 0.6) is 11.6 Å². The summed E-state index contributed by atoms with van der Waals surface area (Å²) >= 11 is 0. The number of Topliss-reactive ketones (excluding diaryl/α,β-unsaturated/α-hetero) is 2. The average molecular weight is 769 g/mol. The van der Waals surface area contributed by atoms with E-state index in [0.29, 0.717) is 19.3 Å². The zero-order valence-electron chi connectivity index (χ0n) is 33.6. The van der Waals surface area contributed by atoms with Crippen molar-refractivity contribution in [1.82, 2.24) is 15.4 Å². The number of benzene rings is 1. The molecule has 0 saturated heterocycles. The van der Waals surface area contributed by atoms with Gasteiger partial charge in [0, 0.05) is 41.7 Å². The molecule has 3 aliphatic carbocycles. The first-order valence-electron chi connectivity index (χ1n) is 19.7. The number of aliphatic hydroxyl groups excluding tert-OH is 1. The highest BCUT2D eigenvalue weighted by molar-refractivity contribution is 6.26. The van der Waals surface area contributed by atoms with Crippen LogP contribution in [-0.4, -0.2) is 89.0 Å². The Kier molecular flexibility index (Phi) is 11.5. The smallest absolute Gasteiger partial charge is 0.414 e. The molecular weight excluding hydrogens is 711 g/mol. The SMILES string of the molecule is CCCCOc1noc2c1C(=O)[C@@]1(O)C(=O)C3=C(O)c4c(c(F)c5c(c4OCCCC)N(C(=O)OC(C)(C)C)C[C@@H](CC(C)C)NC5)C[C@H]3C[C@H]1[C@@H]2N(C)C. The van der Waals surface area contributed by atoms with E-state index < -0.39 is 58.3 Å². The van der Waals surface area contributed by atoms with Crippen LogP contribution >= 0.6 is 0 Å². The summed E-state index contributed by atoms with van der Waals surface area (Å²) in [6, 6.07) is -0.990. The second kappa shape index (κ2) is 15.5. The summed E-state index contributed by atoms with van der Waals surface area (Å²) in [6.07, 6.45) is 2.89. The van der Waals surface area contributed by atoms with E-state index >= 15 is 4.39 Å². The van der Waals surface area contributed by atoms with Gasteiger partial charge in [0.25, 0.3) is 5.88 Å². The molecule has 5 atom stereocenters. The topological polar surface area (TPSA) is 164 Å². The van der Waals surface area contributed by atoms with Crippen molar-refractivity contribution in [2.45, 2.75) is 123 Å². The maximum absolute atomic E-state index is 17.3. The van der Waals surface area contributed by atoms with E-state index in [1.54, 1.807) is 39.8 Å². The standard InChI is InChI=1S/C41H57FN4O9/c1-10-12-14-52-34-28-24(30(42)25-19-43-23(16-21(3)4)20-46(31(25)34)39(50)54-40(5,6)7)17-22-18-26-32(45(8)9)35-29(38(44-55-35)53-15-13-11-2)37(49)41(26,51)36(48)27(22)33(28)47/h21-23,26,32,43,47,51H,10-20H2,1-9H3/t22-,23+,26-,32-,41-/m0/s1.